The van der Waals surface area contributed by atoms with Gasteiger partial charge in [0, 0.05) is 30.7 Å². The van der Waals surface area contributed by atoms with Gasteiger partial charge in [-0.2, -0.15) is 0 Å². The van der Waals surface area contributed by atoms with Gasteiger partial charge in [0.1, 0.15) is 0 Å². The molecule has 1 aliphatic carbocycles. The van der Waals surface area contributed by atoms with Gasteiger partial charge in [-0.15, -0.1) is 0 Å². The van der Waals surface area contributed by atoms with Crippen LogP contribution in [0.4, 0.5) is 10.5 Å². The molecule has 5 nitrogen and oxygen atoms in total. The molecule has 1 saturated carbocycles. The molecule has 0 aromatic heterocycles. The van der Waals surface area contributed by atoms with E-state index in [0.29, 0.717) is 22.3 Å². The molecule has 1 atom stereocenters. The molecule has 1 heterocycles. The van der Waals surface area contributed by atoms with Crippen LogP contribution in [-0.2, 0) is 4.74 Å². The number of halogens is 2. The van der Waals surface area contributed by atoms with Gasteiger partial charge in [0.15, 0.2) is 0 Å². The van der Waals surface area contributed by atoms with Crippen LogP contribution in [0.5, 0.6) is 0 Å². The highest BCUT2D eigenvalue weighted by Crippen LogP contribution is 2.28. The SMILES string of the molecule is O=C(NCC1CN(C2CC2)CCO1)Nc1ccc(Cl)cc1Cl. The third-order valence-corrected chi connectivity index (χ3v) is 4.45. The molecular formula is C15H19Cl2N3O2. The first kappa shape index (κ1) is 15.9. The van der Waals surface area contributed by atoms with Crippen molar-refractivity contribution < 1.29 is 9.53 Å². The van der Waals surface area contributed by atoms with Crippen molar-refractivity contribution in [2.24, 2.45) is 0 Å². The highest BCUT2D eigenvalue weighted by molar-refractivity contribution is 6.36. The van der Waals surface area contributed by atoms with Gasteiger partial charge in [-0.25, -0.2) is 4.79 Å². The smallest absolute Gasteiger partial charge is 0.319 e. The summed E-state index contributed by atoms with van der Waals surface area (Å²) in [6, 6.07) is 5.39. The lowest BCUT2D eigenvalue weighted by Crippen LogP contribution is -2.48. The molecule has 0 radical (unpaired) electrons. The number of amides is 2. The van der Waals surface area contributed by atoms with E-state index >= 15 is 0 Å². The Morgan fingerprint density at radius 1 is 1.36 bits per heavy atom. The van der Waals surface area contributed by atoms with Gasteiger partial charge in [0.05, 0.1) is 23.4 Å². The van der Waals surface area contributed by atoms with E-state index in [-0.39, 0.29) is 12.1 Å². The minimum absolute atomic E-state index is 0.0424. The van der Waals surface area contributed by atoms with Crippen LogP contribution in [0.25, 0.3) is 0 Å². The summed E-state index contributed by atoms with van der Waals surface area (Å²) in [5.74, 6) is 0. The van der Waals surface area contributed by atoms with Crippen molar-refractivity contribution in [3.63, 3.8) is 0 Å². The number of nitrogens with zero attached hydrogens (tertiary/aromatic N) is 1. The first-order valence-electron chi connectivity index (χ1n) is 7.47. The zero-order valence-electron chi connectivity index (χ0n) is 12.1. The van der Waals surface area contributed by atoms with Crippen LogP contribution < -0.4 is 10.6 Å². The van der Waals surface area contributed by atoms with E-state index in [4.69, 9.17) is 27.9 Å². The molecular weight excluding hydrogens is 325 g/mol. The first-order valence-corrected chi connectivity index (χ1v) is 8.23. The Morgan fingerprint density at radius 2 is 2.18 bits per heavy atom. The molecule has 2 N–H and O–H groups in total. The molecule has 22 heavy (non-hydrogen) atoms. The summed E-state index contributed by atoms with van der Waals surface area (Å²) in [5.41, 5.74) is 0.535. The normalized spacial score (nSPS) is 22.4. The molecule has 0 spiro atoms. The van der Waals surface area contributed by atoms with E-state index in [2.05, 4.69) is 15.5 Å². The number of carbonyl (C=O) groups is 1. The van der Waals surface area contributed by atoms with Crippen LogP contribution in [-0.4, -0.2) is 49.3 Å². The van der Waals surface area contributed by atoms with E-state index < -0.39 is 0 Å². The summed E-state index contributed by atoms with van der Waals surface area (Å²) < 4.78 is 5.70. The predicted octanol–water partition coefficient (Wildman–Crippen LogP) is 2.98. The Kier molecular flexibility index (Phi) is 5.08. The molecule has 0 bridgehead atoms. The number of hydrogen-bond acceptors (Lipinski definition) is 3. The van der Waals surface area contributed by atoms with Gasteiger partial charge in [0.2, 0.25) is 0 Å². The molecule has 1 aromatic carbocycles. The summed E-state index contributed by atoms with van der Waals surface area (Å²) in [5, 5.41) is 6.49. The van der Waals surface area contributed by atoms with Crippen molar-refractivity contribution in [2.45, 2.75) is 25.0 Å². The molecule has 2 amide bonds. The van der Waals surface area contributed by atoms with Gasteiger partial charge in [-0.05, 0) is 31.0 Å². The summed E-state index contributed by atoms with van der Waals surface area (Å²) in [6.07, 6.45) is 2.62. The Bertz CT molecular complexity index is 552. The number of ether oxygens (including phenoxy) is 1. The maximum atomic E-state index is 11.9. The summed E-state index contributed by atoms with van der Waals surface area (Å²) in [6.45, 7) is 3.09. The Balaban J connectivity index is 1.45. The standard InChI is InChI=1S/C15H19Cl2N3O2/c16-10-1-4-14(13(17)7-10)19-15(21)18-8-12-9-20(5-6-22-12)11-2-3-11/h1,4,7,11-12H,2-3,5-6,8-9H2,(H2,18,19,21). The van der Waals surface area contributed by atoms with Crippen molar-refractivity contribution in [3.8, 4) is 0 Å². The molecule has 1 unspecified atom stereocenters. The largest absolute Gasteiger partial charge is 0.374 e. The van der Waals surface area contributed by atoms with E-state index in [0.717, 1.165) is 25.7 Å². The lowest BCUT2D eigenvalue weighted by atomic mass is 10.2. The van der Waals surface area contributed by atoms with E-state index in [1.54, 1.807) is 18.2 Å². The van der Waals surface area contributed by atoms with Gasteiger partial charge < -0.3 is 15.4 Å². The minimum Gasteiger partial charge on any atom is -0.374 e. The second-order valence-corrected chi connectivity index (χ2v) is 6.52. The van der Waals surface area contributed by atoms with Crippen LogP contribution in [0.2, 0.25) is 10.0 Å². The molecule has 2 fully saturated rings. The fourth-order valence-electron chi connectivity index (χ4n) is 2.60. The van der Waals surface area contributed by atoms with Crippen molar-refractivity contribution in [1.82, 2.24) is 10.2 Å². The number of anilines is 1. The maximum absolute atomic E-state index is 11.9. The van der Waals surface area contributed by atoms with Crippen molar-refractivity contribution in [2.75, 3.05) is 31.6 Å². The average molecular weight is 344 g/mol. The van der Waals surface area contributed by atoms with E-state index in [1.807, 2.05) is 0 Å². The molecule has 2 aliphatic rings. The molecule has 1 aromatic rings. The number of benzene rings is 1. The molecule has 1 saturated heterocycles. The number of morpholine rings is 1. The third-order valence-electron chi connectivity index (χ3n) is 3.90. The zero-order chi connectivity index (χ0) is 15.5. The quantitative estimate of drug-likeness (QED) is 0.883. The number of carbonyl (C=O) groups excluding carboxylic acids is 1. The minimum atomic E-state index is -0.295. The Hall–Kier alpha value is -1.01. The second-order valence-electron chi connectivity index (χ2n) is 5.68. The predicted molar refractivity (Wildman–Crippen MR) is 87.8 cm³/mol. The summed E-state index contributed by atoms with van der Waals surface area (Å²) in [4.78, 5) is 14.4. The van der Waals surface area contributed by atoms with Crippen LogP contribution >= 0.6 is 23.2 Å². The topological polar surface area (TPSA) is 53.6 Å². The fraction of sp³-hybridized carbons (Fsp3) is 0.533. The van der Waals surface area contributed by atoms with E-state index in [1.165, 1.54) is 12.8 Å². The van der Waals surface area contributed by atoms with Crippen molar-refractivity contribution in [1.29, 1.82) is 0 Å². The van der Waals surface area contributed by atoms with Gasteiger partial charge in [-0.3, -0.25) is 4.90 Å². The van der Waals surface area contributed by atoms with Gasteiger partial charge in [-0.1, -0.05) is 23.2 Å². The Morgan fingerprint density at radius 3 is 2.91 bits per heavy atom. The van der Waals surface area contributed by atoms with Crippen LogP contribution in [0.15, 0.2) is 18.2 Å². The average Bonchev–Trinajstić information content (AvgIpc) is 3.33. The second kappa shape index (κ2) is 7.04. The molecule has 120 valence electrons. The third kappa shape index (κ3) is 4.26. The van der Waals surface area contributed by atoms with E-state index in [9.17, 15) is 4.79 Å². The van der Waals surface area contributed by atoms with Crippen LogP contribution in [0.1, 0.15) is 12.8 Å². The lowest BCUT2D eigenvalue weighted by Gasteiger charge is -2.33. The van der Waals surface area contributed by atoms with Crippen molar-refractivity contribution in [3.05, 3.63) is 28.2 Å². The lowest BCUT2D eigenvalue weighted by molar-refractivity contribution is -0.0286. The van der Waals surface area contributed by atoms with Crippen LogP contribution in [0.3, 0.4) is 0 Å². The number of hydrogen-bond donors (Lipinski definition) is 2. The number of rotatable bonds is 4. The highest BCUT2D eigenvalue weighted by atomic mass is 35.5. The van der Waals surface area contributed by atoms with Crippen molar-refractivity contribution >= 4 is 34.9 Å². The number of urea groups is 1. The molecule has 7 heteroatoms. The molecule has 1 aliphatic heterocycles. The summed E-state index contributed by atoms with van der Waals surface area (Å²) in [7, 11) is 0. The number of nitrogens with one attached hydrogen (secondary N) is 2. The van der Waals surface area contributed by atoms with Gasteiger partial charge in [0.25, 0.3) is 0 Å². The molecule has 3 rings (SSSR count). The highest BCUT2D eigenvalue weighted by Gasteiger charge is 2.32. The fourth-order valence-corrected chi connectivity index (χ4v) is 3.06. The monoisotopic (exact) mass is 343 g/mol. The van der Waals surface area contributed by atoms with Crippen LogP contribution in [0, 0.1) is 0 Å². The zero-order valence-corrected chi connectivity index (χ0v) is 13.7. The maximum Gasteiger partial charge on any atom is 0.319 e. The Labute approximate surface area is 139 Å². The first-order chi connectivity index (χ1) is 10.6. The van der Waals surface area contributed by atoms with Gasteiger partial charge >= 0.3 is 6.03 Å². The summed E-state index contributed by atoms with van der Waals surface area (Å²) >= 11 is 11.9.